The van der Waals surface area contributed by atoms with Gasteiger partial charge >= 0.3 is 0 Å². The summed E-state index contributed by atoms with van der Waals surface area (Å²) in [4.78, 5) is 21.6. The van der Waals surface area contributed by atoms with Gasteiger partial charge in [0.2, 0.25) is 0 Å². The van der Waals surface area contributed by atoms with Crippen LogP contribution in [-0.2, 0) is 6.42 Å². The molecule has 2 heterocycles. The second-order valence-corrected chi connectivity index (χ2v) is 7.98. The monoisotopic (exact) mass is 552 g/mol. The van der Waals surface area contributed by atoms with Gasteiger partial charge in [0.25, 0.3) is 5.69 Å². The summed E-state index contributed by atoms with van der Waals surface area (Å²) >= 11 is 0. The Hall–Kier alpha value is -2.43. The van der Waals surface area contributed by atoms with Crippen molar-refractivity contribution in [2.45, 2.75) is 45.1 Å². The molecule has 8 nitrogen and oxygen atoms in total. The largest absolute Gasteiger partial charge is 0.356 e. The number of hydrogen-bond acceptors (Lipinski definition) is 5. The summed E-state index contributed by atoms with van der Waals surface area (Å²) in [6.45, 7) is 4.87. The zero-order chi connectivity index (χ0) is 22.1. The lowest BCUT2D eigenvalue weighted by Gasteiger charge is -2.33. The number of anilines is 1. The number of pyridine rings is 1. The van der Waals surface area contributed by atoms with Gasteiger partial charge in [0.05, 0.1) is 4.92 Å². The molecule has 0 atom stereocenters. The van der Waals surface area contributed by atoms with E-state index in [4.69, 9.17) is 0 Å². The van der Waals surface area contributed by atoms with Gasteiger partial charge in [0.15, 0.2) is 5.96 Å². The zero-order valence-electron chi connectivity index (χ0n) is 18.8. The molecule has 1 saturated heterocycles. The number of unbranched alkanes of at least 4 members (excludes halogenated alkanes) is 1. The third kappa shape index (κ3) is 7.92. The van der Waals surface area contributed by atoms with Crippen molar-refractivity contribution in [1.82, 2.24) is 15.6 Å². The lowest BCUT2D eigenvalue weighted by Crippen LogP contribution is -2.49. The molecule has 1 aliphatic heterocycles. The molecular weight excluding hydrogens is 519 g/mol. The van der Waals surface area contributed by atoms with Gasteiger partial charge in [-0.05, 0) is 56.2 Å². The molecule has 0 unspecified atom stereocenters. The first-order chi connectivity index (χ1) is 15.0. The standard InChI is InChI=1S/C23H32N6O2.HI/c1-18-6-11-22(26-17-18)28-15-12-20(13-16-28)27-23(24-2)25-14-4-3-5-19-7-9-21(10-8-19)29(30)31;/h6-11,17,20H,3-5,12-16H2,1-2H3,(H2,24,25,27);1H. The van der Waals surface area contributed by atoms with Gasteiger partial charge in [0, 0.05) is 51.1 Å². The van der Waals surface area contributed by atoms with Crippen LogP contribution in [0.3, 0.4) is 0 Å². The minimum absolute atomic E-state index is 0. The van der Waals surface area contributed by atoms with Crippen molar-refractivity contribution < 1.29 is 4.92 Å². The average molecular weight is 552 g/mol. The van der Waals surface area contributed by atoms with Crippen LogP contribution < -0.4 is 15.5 Å². The molecule has 1 aliphatic rings. The minimum Gasteiger partial charge on any atom is -0.356 e. The van der Waals surface area contributed by atoms with Crippen molar-refractivity contribution in [3.8, 4) is 0 Å². The fourth-order valence-corrected chi connectivity index (χ4v) is 3.73. The first kappa shape index (κ1) is 25.8. The Morgan fingerprint density at radius 1 is 1.19 bits per heavy atom. The first-order valence-corrected chi connectivity index (χ1v) is 10.9. The fraction of sp³-hybridized carbons (Fsp3) is 0.478. The van der Waals surface area contributed by atoms with Crippen molar-refractivity contribution in [1.29, 1.82) is 0 Å². The molecule has 0 saturated carbocycles. The second-order valence-electron chi connectivity index (χ2n) is 7.98. The lowest BCUT2D eigenvalue weighted by atomic mass is 10.1. The maximum atomic E-state index is 10.7. The van der Waals surface area contributed by atoms with Crippen LogP contribution in [0.1, 0.15) is 36.8 Å². The SMILES string of the molecule is CN=C(NCCCCc1ccc([N+](=O)[O-])cc1)NC1CCN(c2ccc(C)cn2)CC1.I. The van der Waals surface area contributed by atoms with Gasteiger partial charge in [-0.25, -0.2) is 4.98 Å². The van der Waals surface area contributed by atoms with Crippen LogP contribution in [0.5, 0.6) is 0 Å². The summed E-state index contributed by atoms with van der Waals surface area (Å²) in [5, 5.41) is 17.7. The molecule has 0 spiro atoms. The van der Waals surface area contributed by atoms with E-state index in [9.17, 15) is 10.1 Å². The molecule has 9 heteroatoms. The number of aliphatic imine (C=N–C) groups is 1. The van der Waals surface area contributed by atoms with Crippen molar-refractivity contribution >= 4 is 41.4 Å². The van der Waals surface area contributed by atoms with Gasteiger partial charge < -0.3 is 15.5 Å². The molecule has 1 aromatic carbocycles. The van der Waals surface area contributed by atoms with Crippen LogP contribution in [0.15, 0.2) is 47.6 Å². The molecule has 1 fully saturated rings. The van der Waals surface area contributed by atoms with Crippen LogP contribution in [0.4, 0.5) is 11.5 Å². The predicted molar refractivity (Wildman–Crippen MR) is 140 cm³/mol. The van der Waals surface area contributed by atoms with Gasteiger partial charge in [-0.3, -0.25) is 15.1 Å². The quantitative estimate of drug-likeness (QED) is 0.128. The maximum Gasteiger partial charge on any atom is 0.269 e. The number of aryl methyl sites for hydroxylation is 2. The van der Waals surface area contributed by atoms with Crippen LogP contribution in [0.2, 0.25) is 0 Å². The number of aromatic nitrogens is 1. The number of rotatable bonds is 8. The van der Waals surface area contributed by atoms with E-state index >= 15 is 0 Å². The number of non-ortho nitro benzene ring substituents is 1. The Labute approximate surface area is 207 Å². The van der Waals surface area contributed by atoms with E-state index in [1.807, 2.05) is 18.3 Å². The molecule has 3 rings (SSSR count). The third-order valence-electron chi connectivity index (χ3n) is 5.61. The highest BCUT2D eigenvalue weighted by atomic mass is 127. The van der Waals surface area contributed by atoms with Crippen molar-refractivity contribution in [2.24, 2.45) is 4.99 Å². The summed E-state index contributed by atoms with van der Waals surface area (Å²) in [6.07, 6.45) is 6.97. The Balaban J connectivity index is 0.00000363. The zero-order valence-corrected chi connectivity index (χ0v) is 21.1. The molecule has 1 aromatic heterocycles. The van der Waals surface area contributed by atoms with E-state index in [0.29, 0.717) is 6.04 Å². The summed E-state index contributed by atoms with van der Waals surface area (Å²) in [5.74, 6) is 1.90. The average Bonchev–Trinajstić information content (AvgIpc) is 2.79. The number of halogens is 1. The van der Waals surface area contributed by atoms with E-state index in [-0.39, 0.29) is 34.6 Å². The Morgan fingerprint density at radius 2 is 1.91 bits per heavy atom. The third-order valence-corrected chi connectivity index (χ3v) is 5.61. The molecule has 0 aliphatic carbocycles. The number of nitrogens with one attached hydrogen (secondary N) is 2. The van der Waals surface area contributed by atoms with Crippen LogP contribution in [0.25, 0.3) is 0 Å². The number of nitro groups is 1. The van der Waals surface area contributed by atoms with Crippen molar-refractivity contribution in [2.75, 3.05) is 31.6 Å². The summed E-state index contributed by atoms with van der Waals surface area (Å²) in [5.41, 5.74) is 2.45. The summed E-state index contributed by atoms with van der Waals surface area (Å²) in [6, 6.07) is 11.4. The van der Waals surface area contributed by atoms with Gasteiger partial charge in [0.1, 0.15) is 5.82 Å². The van der Waals surface area contributed by atoms with Crippen molar-refractivity contribution in [3.63, 3.8) is 0 Å². The second kappa shape index (κ2) is 13.2. The fourth-order valence-electron chi connectivity index (χ4n) is 3.73. The van der Waals surface area contributed by atoms with Gasteiger partial charge in [-0.2, -0.15) is 0 Å². The van der Waals surface area contributed by atoms with E-state index in [2.05, 4.69) is 44.6 Å². The molecule has 0 radical (unpaired) electrons. The number of guanidine groups is 1. The van der Waals surface area contributed by atoms with E-state index in [0.717, 1.165) is 69.1 Å². The van der Waals surface area contributed by atoms with Crippen LogP contribution >= 0.6 is 24.0 Å². The predicted octanol–water partition coefficient (Wildman–Crippen LogP) is 4.07. The van der Waals surface area contributed by atoms with Crippen molar-refractivity contribution in [3.05, 3.63) is 63.8 Å². The summed E-state index contributed by atoms with van der Waals surface area (Å²) in [7, 11) is 1.80. The van der Waals surface area contributed by atoms with Gasteiger partial charge in [-0.1, -0.05) is 18.2 Å². The number of benzene rings is 1. The highest BCUT2D eigenvalue weighted by molar-refractivity contribution is 14.0. The number of nitro benzene ring substituents is 1. The number of piperidine rings is 1. The van der Waals surface area contributed by atoms with Crippen LogP contribution in [0, 0.1) is 17.0 Å². The topological polar surface area (TPSA) is 95.7 Å². The first-order valence-electron chi connectivity index (χ1n) is 10.9. The Kier molecular flexibility index (Phi) is 10.6. The Morgan fingerprint density at radius 3 is 2.50 bits per heavy atom. The number of nitrogens with zero attached hydrogens (tertiary/aromatic N) is 4. The smallest absolute Gasteiger partial charge is 0.269 e. The highest BCUT2D eigenvalue weighted by Gasteiger charge is 2.20. The molecule has 174 valence electrons. The molecule has 2 aromatic rings. The normalized spacial score (nSPS) is 14.6. The van der Waals surface area contributed by atoms with E-state index in [1.54, 1.807) is 19.2 Å². The Bertz CT molecular complexity index is 865. The van der Waals surface area contributed by atoms with Crippen LogP contribution in [-0.4, -0.2) is 48.6 Å². The molecule has 32 heavy (non-hydrogen) atoms. The highest BCUT2D eigenvalue weighted by Crippen LogP contribution is 2.18. The molecule has 0 bridgehead atoms. The van der Waals surface area contributed by atoms with E-state index in [1.165, 1.54) is 5.56 Å². The minimum atomic E-state index is -0.366. The number of hydrogen-bond donors (Lipinski definition) is 2. The van der Waals surface area contributed by atoms with Gasteiger partial charge in [-0.15, -0.1) is 24.0 Å². The van der Waals surface area contributed by atoms with E-state index < -0.39 is 0 Å². The molecule has 2 N–H and O–H groups in total. The lowest BCUT2D eigenvalue weighted by molar-refractivity contribution is -0.384. The summed E-state index contributed by atoms with van der Waals surface area (Å²) < 4.78 is 0. The maximum absolute atomic E-state index is 10.7. The molecular formula is C23H33IN6O2. The molecule has 0 amide bonds.